The first-order chi connectivity index (χ1) is 14.3. The number of phenolic OH excluding ortho intramolecular Hbond substituents is 1. The zero-order valence-corrected chi connectivity index (χ0v) is 20.5. The second-order valence-corrected chi connectivity index (χ2v) is 11.8. The molecular weight excluding hydrogens is 408 g/mol. The molecular formula is C25H36N2O3S. The topological polar surface area (TPSA) is 73.7 Å². The monoisotopic (exact) mass is 444 g/mol. The molecule has 0 atom stereocenters. The smallest absolute Gasteiger partial charge is 0.303 e. The lowest BCUT2D eigenvalue weighted by atomic mass is 9.78. The standard InChI is InChI=1S/C25H36N2O3S/c1-24(2,3)18-12-17(13-19(23(18)30)25(4,5)6)20-15-31-21(26-20)14-27-9-7-16(8-10-27)11-22(28)29/h12-13,15-16,30H,7-11,14H2,1-6H3,(H,28,29). The van der Waals surface area contributed by atoms with Crippen LogP contribution < -0.4 is 0 Å². The van der Waals surface area contributed by atoms with Gasteiger partial charge in [-0.05, 0) is 54.8 Å². The molecule has 0 saturated carbocycles. The summed E-state index contributed by atoms with van der Waals surface area (Å²) in [6, 6.07) is 4.17. The predicted molar refractivity (Wildman–Crippen MR) is 127 cm³/mol. The Bertz CT molecular complexity index is 894. The SMILES string of the molecule is CC(C)(C)c1cc(-c2csc(CN3CCC(CC(=O)O)CC3)n2)cc(C(C)(C)C)c1O. The van der Waals surface area contributed by atoms with Gasteiger partial charge in [0.1, 0.15) is 10.8 Å². The number of nitrogens with zero attached hydrogens (tertiary/aromatic N) is 2. The van der Waals surface area contributed by atoms with E-state index in [1.807, 2.05) is 0 Å². The highest BCUT2D eigenvalue weighted by molar-refractivity contribution is 7.09. The number of hydrogen-bond donors (Lipinski definition) is 2. The second kappa shape index (κ2) is 8.91. The molecule has 1 aliphatic rings. The summed E-state index contributed by atoms with van der Waals surface area (Å²) in [7, 11) is 0. The van der Waals surface area contributed by atoms with Crippen molar-refractivity contribution in [2.75, 3.05) is 13.1 Å². The van der Waals surface area contributed by atoms with E-state index >= 15 is 0 Å². The summed E-state index contributed by atoms with van der Waals surface area (Å²) >= 11 is 1.67. The average molecular weight is 445 g/mol. The van der Waals surface area contributed by atoms with Gasteiger partial charge in [0.25, 0.3) is 0 Å². The van der Waals surface area contributed by atoms with Gasteiger partial charge in [0.2, 0.25) is 0 Å². The van der Waals surface area contributed by atoms with Crippen molar-refractivity contribution in [2.24, 2.45) is 5.92 Å². The number of aromatic hydroxyl groups is 1. The summed E-state index contributed by atoms with van der Waals surface area (Å²) < 4.78 is 0. The Hall–Kier alpha value is -1.92. The number of phenols is 1. The quantitative estimate of drug-likeness (QED) is 0.610. The van der Waals surface area contributed by atoms with E-state index in [9.17, 15) is 9.90 Å². The van der Waals surface area contributed by atoms with Crippen LogP contribution in [-0.4, -0.2) is 39.2 Å². The van der Waals surface area contributed by atoms with Crippen LogP contribution in [0.4, 0.5) is 0 Å². The number of carbonyl (C=O) groups is 1. The number of rotatable bonds is 5. The molecule has 1 fully saturated rings. The highest BCUT2D eigenvalue weighted by Crippen LogP contribution is 2.42. The molecule has 0 amide bonds. The van der Waals surface area contributed by atoms with Crippen molar-refractivity contribution < 1.29 is 15.0 Å². The molecule has 31 heavy (non-hydrogen) atoms. The van der Waals surface area contributed by atoms with Crippen LogP contribution in [0.3, 0.4) is 0 Å². The Morgan fingerprint density at radius 1 is 1.10 bits per heavy atom. The summed E-state index contributed by atoms with van der Waals surface area (Å²) in [6.45, 7) is 15.4. The number of aliphatic carboxylic acids is 1. The lowest BCUT2D eigenvalue weighted by molar-refractivity contribution is -0.138. The Kier molecular flexibility index (Phi) is 6.82. The zero-order valence-electron chi connectivity index (χ0n) is 19.7. The highest BCUT2D eigenvalue weighted by Gasteiger charge is 2.27. The minimum Gasteiger partial charge on any atom is -0.507 e. The van der Waals surface area contributed by atoms with E-state index in [2.05, 4.69) is 64.0 Å². The van der Waals surface area contributed by atoms with E-state index in [1.54, 1.807) is 11.3 Å². The van der Waals surface area contributed by atoms with E-state index in [0.29, 0.717) is 11.7 Å². The lowest BCUT2D eigenvalue weighted by Crippen LogP contribution is -2.33. The molecule has 2 N–H and O–H groups in total. The molecule has 2 aromatic rings. The molecule has 2 heterocycles. The Labute approximate surface area is 190 Å². The van der Waals surface area contributed by atoms with Crippen LogP contribution in [0.15, 0.2) is 17.5 Å². The van der Waals surface area contributed by atoms with Crippen molar-refractivity contribution in [1.29, 1.82) is 0 Å². The summed E-state index contributed by atoms with van der Waals surface area (Å²) in [5.41, 5.74) is 3.57. The molecule has 1 saturated heterocycles. The molecule has 0 unspecified atom stereocenters. The molecule has 0 aliphatic carbocycles. The number of carboxylic acid groups (broad SMARTS) is 1. The third-order valence-corrected chi connectivity index (χ3v) is 6.94. The summed E-state index contributed by atoms with van der Waals surface area (Å²) in [5, 5.41) is 23.2. The predicted octanol–water partition coefficient (Wildman–Crippen LogP) is 5.80. The van der Waals surface area contributed by atoms with Gasteiger partial charge >= 0.3 is 5.97 Å². The summed E-state index contributed by atoms with van der Waals surface area (Å²) in [6.07, 6.45) is 2.15. The van der Waals surface area contributed by atoms with Gasteiger partial charge in [0, 0.05) is 28.5 Å². The van der Waals surface area contributed by atoms with Gasteiger partial charge < -0.3 is 10.2 Å². The van der Waals surface area contributed by atoms with Crippen LogP contribution in [-0.2, 0) is 22.2 Å². The Balaban J connectivity index is 1.80. The lowest BCUT2D eigenvalue weighted by Gasteiger charge is -2.30. The maximum atomic E-state index is 11.0. The molecule has 1 aromatic heterocycles. The minimum atomic E-state index is -0.693. The number of carboxylic acids is 1. The van der Waals surface area contributed by atoms with Crippen molar-refractivity contribution in [1.82, 2.24) is 9.88 Å². The molecule has 3 rings (SSSR count). The third kappa shape index (κ3) is 5.86. The fraction of sp³-hybridized carbons (Fsp3) is 0.600. The van der Waals surface area contributed by atoms with Gasteiger partial charge in [0.15, 0.2) is 0 Å². The Morgan fingerprint density at radius 2 is 1.65 bits per heavy atom. The molecule has 170 valence electrons. The van der Waals surface area contributed by atoms with Crippen LogP contribution in [0.5, 0.6) is 5.75 Å². The van der Waals surface area contributed by atoms with Crippen LogP contribution in [0, 0.1) is 5.92 Å². The maximum Gasteiger partial charge on any atom is 0.303 e. The first-order valence-electron chi connectivity index (χ1n) is 11.1. The van der Waals surface area contributed by atoms with Crippen LogP contribution in [0.2, 0.25) is 0 Å². The second-order valence-electron chi connectivity index (χ2n) is 10.9. The van der Waals surface area contributed by atoms with Crippen molar-refractivity contribution in [2.45, 2.75) is 78.2 Å². The van der Waals surface area contributed by atoms with Crippen LogP contribution >= 0.6 is 11.3 Å². The number of thiazole rings is 1. The molecule has 6 heteroatoms. The number of hydrogen-bond acceptors (Lipinski definition) is 5. The fourth-order valence-electron chi connectivity index (χ4n) is 4.23. The molecule has 1 aromatic carbocycles. The normalized spacial score (nSPS) is 16.6. The average Bonchev–Trinajstić information content (AvgIpc) is 3.09. The van der Waals surface area contributed by atoms with E-state index < -0.39 is 5.97 Å². The van der Waals surface area contributed by atoms with E-state index in [4.69, 9.17) is 10.1 Å². The first-order valence-corrected chi connectivity index (χ1v) is 12.0. The molecule has 0 spiro atoms. The van der Waals surface area contributed by atoms with Gasteiger partial charge in [0.05, 0.1) is 12.2 Å². The summed E-state index contributed by atoms with van der Waals surface area (Å²) in [4.78, 5) is 18.2. The number of benzene rings is 1. The zero-order chi connectivity index (χ0) is 23.0. The van der Waals surface area contributed by atoms with E-state index in [1.165, 1.54) is 0 Å². The molecule has 0 radical (unpaired) electrons. The maximum absolute atomic E-state index is 11.0. The first kappa shape index (κ1) is 23.7. The van der Waals surface area contributed by atoms with Gasteiger partial charge in [-0.2, -0.15) is 0 Å². The van der Waals surface area contributed by atoms with Crippen molar-refractivity contribution >= 4 is 17.3 Å². The Morgan fingerprint density at radius 3 is 2.13 bits per heavy atom. The van der Waals surface area contributed by atoms with Crippen molar-refractivity contribution in [3.05, 3.63) is 33.6 Å². The molecule has 5 nitrogen and oxygen atoms in total. The van der Waals surface area contributed by atoms with Gasteiger partial charge in [-0.1, -0.05) is 41.5 Å². The number of likely N-dealkylation sites (tertiary alicyclic amines) is 1. The fourth-order valence-corrected chi connectivity index (χ4v) is 5.07. The molecule has 1 aliphatic heterocycles. The minimum absolute atomic E-state index is 0.167. The number of aromatic nitrogens is 1. The van der Waals surface area contributed by atoms with Crippen molar-refractivity contribution in [3.8, 4) is 17.0 Å². The number of piperidine rings is 1. The van der Waals surface area contributed by atoms with Crippen LogP contribution in [0.1, 0.15) is 76.9 Å². The summed E-state index contributed by atoms with van der Waals surface area (Å²) in [5.74, 6) is -0.00570. The largest absolute Gasteiger partial charge is 0.507 e. The van der Waals surface area contributed by atoms with Gasteiger partial charge in [-0.15, -0.1) is 11.3 Å². The van der Waals surface area contributed by atoms with Crippen LogP contribution in [0.25, 0.3) is 11.3 Å². The third-order valence-electron chi connectivity index (χ3n) is 6.10. The van der Waals surface area contributed by atoms with Gasteiger partial charge in [-0.3, -0.25) is 9.69 Å². The van der Waals surface area contributed by atoms with E-state index in [0.717, 1.165) is 59.9 Å². The van der Waals surface area contributed by atoms with Crippen molar-refractivity contribution in [3.63, 3.8) is 0 Å². The highest BCUT2D eigenvalue weighted by atomic mass is 32.1. The van der Waals surface area contributed by atoms with Gasteiger partial charge in [-0.25, -0.2) is 4.98 Å². The van der Waals surface area contributed by atoms with E-state index in [-0.39, 0.29) is 17.3 Å². The molecule has 0 bridgehead atoms.